The second kappa shape index (κ2) is 10.1. The lowest BCUT2D eigenvalue weighted by atomic mass is 9.65. The Labute approximate surface area is 200 Å². The number of benzene rings is 1. The van der Waals surface area contributed by atoms with E-state index in [2.05, 4.69) is 35.1 Å². The molecule has 1 amide bonds. The van der Waals surface area contributed by atoms with E-state index in [0.717, 1.165) is 37.0 Å². The van der Waals surface area contributed by atoms with Gasteiger partial charge in [0.15, 0.2) is 0 Å². The molecule has 5 nitrogen and oxygen atoms in total. The maximum atomic E-state index is 13.3. The van der Waals surface area contributed by atoms with Crippen LogP contribution in [0.2, 0.25) is 0 Å². The zero-order valence-corrected chi connectivity index (χ0v) is 19.5. The summed E-state index contributed by atoms with van der Waals surface area (Å²) in [7, 11) is 0. The van der Waals surface area contributed by atoms with E-state index in [0.29, 0.717) is 11.6 Å². The van der Waals surface area contributed by atoms with Gasteiger partial charge in [0.2, 0.25) is 5.91 Å². The third kappa shape index (κ3) is 5.31. The number of rotatable bonds is 5. The molecular formula is C28H29FN4O. The van der Waals surface area contributed by atoms with Crippen molar-refractivity contribution in [2.45, 2.75) is 45.6 Å². The van der Waals surface area contributed by atoms with Gasteiger partial charge in [-0.1, -0.05) is 24.3 Å². The molecule has 1 aromatic carbocycles. The third-order valence-corrected chi connectivity index (χ3v) is 7.00. The number of hydrogen-bond acceptors (Lipinski definition) is 4. The van der Waals surface area contributed by atoms with E-state index in [1.165, 1.54) is 30.8 Å². The summed E-state index contributed by atoms with van der Waals surface area (Å²) in [5.41, 5.74) is 3.66. The zero-order chi connectivity index (χ0) is 24.1. The van der Waals surface area contributed by atoms with Gasteiger partial charge in [0.25, 0.3) is 0 Å². The highest BCUT2D eigenvalue weighted by atomic mass is 19.1. The molecule has 174 valence electrons. The molecule has 0 bridgehead atoms. The quantitative estimate of drug-likeness (QED) is 0.476. The highest BCUT2D eigenvalue weighted by Gasteiger charge is 2.47. The zero-order valence-electron chi connectivity index (χ0n) is 19.5. The van der Waals surface area contributed by atoms with Crippen molar-refractivity contribution in [1.29, 1.82) is 5.41 Å². The molecule has 0 aliphatic heterocycles. The molecule has 0 saturated heterocycles. The first-order valence-corrected chi connectivity index (χ1v) is 11.6. The number of nitrogens with one attached hydrogen (secondary N) is 2. The minimum atomic E-state index is -0.290. The van der Waals surface area contributed by atoms with Gasteiger partial charge in [-0.2, -0.15) is 0 Å². The summed E-state index contributed by atoms with van der Waals surface area (Å²) in [6.45, 7) is 3.79. The molecular weight excluding hydrogens is 427 g/mol. The van der Waals surface area contributed by atoms with E-state index in [4.69, 9.17) is 10.4 Å². The summed E-state index contributed by atoms with van der Waals surface area (Å²) in [5.74, 6) is 6.25. The van der Waals surface area contributed by atoms with Gasteiger partial charge in [-0.15, -0.1) is 0 Å². The van der Waals surface area contributed by atoms with Crippen molar-refractivity contribution >= 4 is 23.5 Å². The Hall–Kier alpha value is -3.59. The number of halogens is 1. The third-order valence-electron chi connectivity index (χ3n) is 7.00. The normalized spacial score (nSPS) is 25.5. The van der Waals surface area contributed by atoms with E-state index >= 15 is 0 Å². The number of amides is 1. The molecule has 4 atom stereocenters. The Kier molecular flexibility index (Phi) is 7.02. The van der Waals surface area contributed by atoms with Crippen molar-refractivity contribution in [3.8, 4) is 11.8 Å². The molecule has 6 heteroatoms. The Morgan fingerprint density at radius 2 is 2.06 bits per heavy atom. The Morgan fingerprint density at radius 3 is 2.74 bits per heavy atom. The number of fused-ring (bicyclic) bond motifs is 1. The van der Waals surface area contributed by atoms with Crippen LogP contribution >= 0.6 is 0 Å². The number of pyridine rings is 1. The molecule has 34 heavy (non-hydrogen) atoms. The molecule has 2 aliphatic rings. The van der Waals surface area contributed by atoms with Crippen molar-refractivity contribution in [2.24, 2.45) is 22.2 Å². The standard InChI is InChI=1S/C28H29FN4O/c1-19(34)32-26(8-3-20-11-13-31-14-12-20)15-22-4-5-23-16-27(21(18-30)17-28(22,23)2)33-25-9-6-24(29)7-10-25/h6-7,9-14,16,18,21-22,26,30H,4-5,15,17H2,1-2H3,(H,32,34). The summed E-state index contributed by atoms with van der Waals surface area (Å²) >= 11 is 0. The fourth-order valence-electron chi connectivity index (χ4n) is 5.17. The van der Waals surface area contributed by atoms with E-state index < -0.39 is 0 Å². The second-order valence-electron chi connectivity index (χ2n) is 9.31. The minimum absolute atomic E-state index is 0.0842. The lowest BCUT2D eigenvalue weighted by Crippen LogP contribution is -2.39. The van der Waals surface area contributed by atoms with Crippen molar-refractivity contribution in [3.63, 3.8) is 0 Å². The molecule has 0 radical (unpaired) electrons. The van der Waals surface area contributed by atoms with Gasteiger partial charge in [-0.05, 0) is 79.5 Å². The number of allylic oxidation sites excluding steroid dienone is 2. The van der Waals surface area contributed by atoms with Gasteiger partial charge in [0.05, 0.1) is 11.7 Å². The summed E-state index contributed by atoms with van der Waals surface area (Å²) in [6.07, 6.45) is 10.5. The van der Waals surface area contributed by atoms with Crippen molar-refractivity contribution in [1.82, 2.24) is 10.3 Å². The van der Waals surface area contributed by atoms with E-state index in [-0.39, 0.29) is 29.1 Å². The number of aromatic nitrogens is 1. The summed E-state index contributed by atoms with van der Waals surface area (Å²) in [5, 5.41) is 11.1. The average Bonchev–Trinajstić information content (AvgIpc) is 3.13. The Bertz CT molecular complexity index is 1180. The van der Waals surface area contributed by atoms with Gasteiger partial charge in [-0.25, -0.2) is 4.39 Å². The predicted molar refractivity (Wildman–Crippen MR) is 133 cm³/mol. The number of carbonyl (C=O) groups is 1. The molecule has 2 N–H and O–H groups in total. The van der Waals surface area contributed by atoms with Crippen LogP contribution in [0.5, 0.6) is 0 Å². The molecule has 4 rings (SSSR count). The molecule has 2 aliphatic carbocycles. The fraction of sp³-hybridized carbons (Fsp3) is 0.357. The van der Waals surface area contributed by atoms with Crippen LogP contribution in [0.4, 0.5) is 10.1 Å². The van der Waals surface area contributed by atoms with Crippen molar-refractivity contribution < 1.29 is 9.18 Å². The van der Waals surface area contributed by atoms with Crippen LogP contribution in [0.15, 0.2) is 65.4 Å². The number of aliphatic imine (C=N–C) groups is 1. The predicted octanol–water partition coefficient (Wildman–Crippen LogP) is 5.25. The monoisotopic (exact) mass is 456 g/mol. The highest BCUT2D eigenvalue weighted by Crippen LogP contribution is 2.55. The van der Waals surface area contributed by atoms with Crippen LogP contribution in [0, 0.1) is 40.3 Å². The summed E-state index contributed by atoms with van der Waals surface area (Å²) in [4.78, 5) is 20.6. The Balaban J connectivity index is 1.58. The SMILES string of the molecule is CC(=O)NC(C#Cc1ccncc1)CC1CCC2=CC(=Nc3ccc(F)cc3)C(C=N)CC21C. The van der Waals surface area contributed by atoms with E-state index in [1.54, 1.807) is 24.5 Å². The van der Waals surface area contributed by atoms with E-state index in [9.17, 15) is 9.18 Å². The van der Waals surface area contributed by atoms with Gasteiger partial charge in [0, 0.05) is 42.7 Å². The summed E-state index contributed by atoms with van der Waals surface area (Å²) in [6, 6.07) is 9.58. The molecule has 4 unspecified atom stereocenters. The second-order valence-corrected chi connectivity index (χ2v) is 9.31. The minimum Gasteiger partial charge on any atom is -0.343 e. The van der Waals surface area contributed by atoms with Crippen LogP contribution in [0.25, 0.3) is 0 Å². The van der Waals surface area contributed by atoms with Crippen molar-refractivity contribution in [2.75, 3.05) is 0 Å². The molecule has 1 fully saturated rings. The first kappa shape index (κ1) is 23.6. The number of nitrogens with zero attached hydrogens (tertiary/aromatic N) is 2. The van der Waals surface area contributed by atoms with Gasteiger partial charge < -0.3 is 10.7 Å². The molecule has 1 heterocycles. The highest BCUT2D eigenvalue weighted by molar-refractivity contribution is 6.07. The lowest BCUT2D eigenvalue weighted by molar-refractivity contribution is -0.119. The molecule has 1 aromatic heterocycles. The topological polar surface area (TPSA) is 78.2 Å². The lowest BCUT2D eigenvalue weighted by Gasteiger charge is -2.39. The van der Waals surface area contributed by atoms with Crippen LogP contribution in [0.1, 0.15) is 45.1 Å². The summed E-state index contributed by atoms with van der Waals surface area (Å²) < 4.78 is 13.3. The molecule has 2 aromatic rings. The first-order valence-electron chi connectivity index (χ1n) is 11.6. The van der Waals surface area contributed by atoms with Crippen LogP contribution in [-0.4, -0.2) is 28.9 Å². The maximum absolute atomic E-state index is 13.3. The number of hydrogen-bond donors (Lipinski definition) is 2. The van der Waals surface area contributed by atoms with Gasteiger partial charge in [-0.3, -0.25) is 14.8 Å². The van der Waals surface area contributed by atoms with Crippen LogP contribution in [0.3, 0.4) is 0 Å². The fourth-order valence-corrected chi connectivity index (χ4v) is 5.17. The Morgan fingerprint density at radius 1 is 1.32 bits per heavy atom. The molecule has 0 spiro atoms. The first-order chi connectivity index (χ1) is 16.4. The largest absolute Gasteiger partial charge is 0.343 e. The van der Waals surface area contributed by atoms with Crippen LogP contribution in [-0.2, 0) is 4.79 Å². The maximum Gasteiger partial charge on any atom is 0.217 e. The molecule has 1 saturated carbocycles. The van der Waals surface area contributed by atoms with Gasteiger partial charge in [0.1, 0.15) is 5.82 Å². The average molecular weight is 457 g/mol. The van der Waals surface area contributed by atoms with Gasteiger partial charge >= 0.3 is 0 Å². The smallest absolute Gasteiger partial charge is 0.217 e. The van der Waals surface area contributed by atoms with E-state index in [1.807, 2.05) is 12.1 Å². The van der Waals surface area contributed by atoms with Crippen molar-refractivity contribution in [3.05, 3.63) is 71.8 Å². The van der Waals surface area contributed by atoms with Crippen LogP contribution < -0.4 is 5.32 Å². The number of carbonyl (C=O) groups excluding carboxylic acids is 1.